The summed E-state index contributed by atoms with van der Waals surface area (Å²) in [4.78, 5) is 0. The lowest BCUT2D eigenvalue weighted by Crippen LogP contribution is -2.17. The molecule has 2 N–H and O–H groups in total. The fourth-order valence-corrected chi connectivity index (χ4v) is 2.25. The second-order valence-corrected chi connectivity index (χ2v) is 5.08. The highest BCUT2D eigenvalue weighted by atomic mass is 19.1. The van der Waals surface area contributed by atoms with Gasteiger partial charge in [-0.1, -0.05) is 24.3 Å². The van der Waals surface area contributed by atoms with Gasteiger partial charge in [0.25, 0.3) is 0 Å². The number of phenolic OH excluding ortho intramolecular Hbond substituents is 1. The van der Waals surface area contributed by atoms with Crippen LogP contribution < -0.4 is 5.32 Å². The Morgan fingerprint density at radius 1 is 1.05 bits per heavy atom. The average Bonchev–Trinajstić information content (AvgIpc) is 2.41. The average molecular weight is 273 g/mol. The van der Waals surface area contributed by atoms with Crippen molar-refractivity contribution in [1.29, 1.82) is 0 Å². The molecular weight excluding hydrogens is 253 g/mol. The Bertz CT molecular complexity index is 596. The molecule has 0 unspecified atom stereocenters. The minimum Gasteiger partial charge on any atom is -0.507 e. The predicted molar refractivity (Wildman–Crippen MR) is 79.4 cm³/mol. The highest BCUT2D eigenvalue weighted by molar-refractivity contribution is 5.39. The zero-order valence-electron chi connectivity index (χ0n) is 11.9. The molecule has 0 atom stereocenters. The van der Waals surface area contributed by atoms with Crippen LogP contribution in [0.3, 0.4) is 0 Å². The summed E-state index contributed by atoms with van der Waals surface area (Å²) in [5, 5.41) is 13.2. The molecule has 2 rings (SSSR count). The first kappa shape index (κ1) is 14.5. The minimum atomic E-state index is -0.191. The molecule has 106 valence electrons. The van der Waals surface area contributed by atoms with Crippen molar-refractivity contribution in [3.63, 3.8) is 0 Å². The maximum absolute atomic E-state index is 13.0. The van der Waals surface area contributed by atoms with Gasteiger partial charge in [-0.15, -0.1) is 0 Å². The van der Waals surface area contributed by atoms with Crippen molar-refractivity contribution in [3.05, 3.63) is 64.5 Å². The van der Waals surface area contributed by atoms with E-state index in [0.29, 0.717) is 12.3 Å². The zero-order chi connectivity index (χ0) is 14.5. The number of halogens is 1. The number of nitrogens with one attached hydrogen (secondary N) is 1. The van der Waals surface area contributed by atoms with Crippen LogP contribution in [0.15, 0.2) is 36.4 Å². The van der Waals surface area contributed by atoms with E-state index in [1.54, 1.807) is 6.07 Å². The van der Waals surface area contributed by atoms with Crippen LogP contribution in [0.25, 0.3) is 0 Å². The van der Waals surface area contributed by atoms with Gasteiger partial charge in [0.15, 0.2) is 0 Å². The van der Waals surface area contributed by atoms with E-state index in [1.165, 1.54) is 6.07 Å². The van der Waals surface area contributed by atoms with Gasteiger partial charge in [-0.2, -0.15) is 0 Å². The van der Waals surface area contributed by atoms with E-state index in [9.17, 15) is 9.50 Å². The Kier molecular flexibility index (Phi) is 4.74. The van der Waals surface area contributed by atoms with Gasteiger partial charge < -0.3 is 10.4 Å². The van der Waals surface area contributed by atoms with Gasteiger partial charge in [0.1, 0.15) is 11.6 Å². The third kappa shape index (κ3) is 3.58. The van der Waals surface area contributed by atoms with Crippen LogP contribution in [-0.4, -0.2) is 11.7 Å². The molecule has 2 nitrogen and oxygen atoms in total. The van der Waals surface area contributed by atoms with Crippen LogP contribution in [0.4, 0.5) is 4.39 Å². The van der Waals surface area contributed by atoms with Gasteiger partial charge in [0.05, 0.1) is 0 Å². The molecule has 0 radical (unpaired) electrons. The number of aryl methyl sites for hydroxylation is 2. The molecule has 0 heterocycles. The van der Waals surface area contributed by atoms with Gasteiger partial charge in [-0.05, 0) is 55.6 Å². The van der Waals surface area contributed by atoms with Gasteiger partial charge in [0.2, 0.25) is 0 Å². The first-order valence-electron chi connectivity index (χ1n) is 6.81. The standard InChI is InChI=1S/C17H20FNO/c1-12-4-3-5-15(17(12)20)11-19-9-8-14-6-7-16(18)10-13(14)2/h3-7,10,19-20H,8-9,11H2,1-2H3. The highest BCUT2D eigenvalue weighted by Gasteiger charge is 2.03. The second kappa shape index (κ2) is 6.53. The molecule has 0 aliphatic rings. The normalized spacial score (nSPS) is 10.8. The van der Waals surface area contributed by atoms with Crippen molar-refractivity contribution in [1.82, 2.24) is 5.32 Å². The molecule has 0 saturated heterocycles. The Balaban J connectivity index is 1.86. The second-order valence-electron chi connectivity index (χ2n) is 5.08. The smallest absolute Gasteiger partial charge is 0.123 e. The zero-order valence-corrected chi connectivity index (χ0v) is 11.9. The van der Waals surface area contributed by atoms with E-state index in [0.717, 1.165) is 35.2 Å². The lowest BCUT2D eigenvalue weighted by Gasteiger charge is -2.10. The Labute approximate surface area is 119 Å². The summed E-state index contributed by atoms with van der Waals surface area (Å²) < 4.78 is 13.0. The van der Waals surface area contributed by atoms with E-state index in [-0.39, 0.29) is 5.82 Å². The Morgan fingerprint density at radius 3 is 2.60 bits per heavy atom. The van der Waals surface area contributed by atoms with E-state index in [1.807, 2.05) is 38.1 Å². The molecule has 3 heteroatoms. The van der Waals surface area contributed by atoms with Crippen LogP contribution in [0.5, 0.6) is 5.75 Å². The molecular formula is C17H20FNO. The van der Waals surface area contributed by atoms with Crippen LogP contribution in [-0.2, 0) is 13.0 Å². The summed E-state index contributed by atoms with van der Waals surface area (Å²) in [5.41, 5.74) is 3.91. The summed E-state index contributed by atoms with van der Waals surface area (Å²) in [6, 6.07) is 10.6. The lowest BCUT2D eigenvalue weighted by molar-refractivity contribution is 0.460. The van der Waals surface area contributed by atoms with Crippen molar-refractivity contribution < 1.29 is 9.50 Å². The molecule has 0 amide bonds. The van der Waals surface area contributed by atoms with Gasteiger partial charge >= 0.3 is 0 Å². The third-order valence-corrected chi connectivity index (χ3v) is 3.51. The van der Waals surface area contributed by atoms with E-state index in [4.69, 9.17) is 0 Å². The maximum atomic E-state index is 13.0. The summed E-state index contributed by atoms with van der Waals surface area (Å²) in [7, 11) is 0. The van der Waals surface area contributed by atoms with Gasteiger partial charge in [0, 0.05) is 12.1 Å². The number of hydrogen-bond donors (Lipinski definition) is 2. The number of aromatic hydroxyl groups is 1. The van der Waals surface area contributed by atoms with Gasteiger partial charge in [-0.3, -0.25) is 0 Å². The number of para-hydroxylation sites is 1. The number of phenols is 1. The van der Waals surface area contributed by atoms with Crippen LogP contribution in [0.2, 0.25) is 0 Å². The van der Waals surface area contributed by atoms with Crippen LogP contribution in [0.1, 0.15) is 22.3 Å². The van der Waals surface area contributed by atoms with Crippen LogP contribution >= 0.6 is 0 Å². The van der Waals surface area contributed by atoms with E-state index >= 15 is 0 Å². The molecule has 0 aliphatic carbocycles. The highest BCUT2D eigenvalue weighted by Crippen LogP contribution is 2.20. The Hall–Kier alpha value is -1.87. The topological polar surface area (TPSA) is 32.3 Å². The van der Waals surface area contributed by atoms with E-state index in [2.05, 4.69) is 5.32 Å². The maximum Gasteiger partial charge on any atom is 0.123 e. The Morgan fingerprint density at radius 2 is 1.85 bits per heavy atom. The van der Waals surface area contributed by atoms with Gasteiger partial charge in [-0.25, -0.2) is 4.39 Å². The predicted octanol–water partition coefficient (Wildman–Crippen LogP) is 3.48. The summed E-state index contributed by atoms with van der Waals surface area (Å²) >= 11 is 0. The minimum absolute atomic E-state index is 0.191. The largest absolute Gasteiger partial charge is 0.507 e. The number of hydrogen-bond acceptors (Lipinski definition) is 2. The summed E-state index contributed by atoms with van der Waals surface area (Å²) in [5.74, 6) is 0.168. The van der Waals surface area contributed by atoms with Crippen LogP contribution in [0, 0.1) is 19.7 Å². The third-order valence-electron chi connectivity index (χ3n) is 3.51. The lowest BCUT2D eigenvalue weighted by atomic mass is 10.1. The molecule has 0 aromatic heterocycles. The molecule has 0 spiro atoms. The SMILES string of the molecule is Cc1cc(F)ccc1CCNCc1cccc(C)c1O. The molecule has 2 aromatic rings. The molecule has 0 fully saturated rings. The molecule has 0 bridgehead atoms. The fourth-order valence-electron chi connectivity index (χ4n) is 2.25. The molecule has 0 saturated carbocycles. The summed E-state index contributed by atoms with van der Waals surface area (Å²) in [6.07, 6.45) is 0.846. The molecule has 2 aromatic carbocycles. The van der Waals surface area contributed by atoms with Crippen molar-refractivity contribution in [2.45, 2.75) is 26.8 Å². The quantitative estimate of drug-likeness (QED) is 0.817. The van der Waals surface area contributed by atoms with Crippen molar-refractivity contribution in [2.24, 2.45) is 0 Å². The van der Waals surface area contributed by atoms with E-state index < -0.39 is 0 Å². The molecule has 0 aliphatic heterocycles. The molecule has 20 heavy (non-hydrogen) atoms. The van der Waals surface area contributed by atoms with Crippen molar-refractivity contribution in [2.75, 3.05) is 6.54 Å². The number of benzene rings is 2. The van der Waals surface area contributed by atoms with Crippen molar-refractivity contribution >= 4 is 0 Å². The van der Waals surface area contributed by atoms with Crippen molar-refractivity contribution in [3.8, 4) is 5.75 Å². The number of rotatable bonds is 5. The first-order chi connectivity index (χ1) is 9.58. The monoisotopic (exact) mass is 273 g/mol. The summed E-state index contributed by atoms with van der Waals surface area (Å²) in [6.45, 7) is 5.24. The first-order valence-corrected chi connectivity index (χ1v) is 6.81. The fraction of sp³-hybridized carbons (Fsp3) is 0.294.